The molecule has 2 aliphatic carbocycles. The molecular weight excluding hydrogens is 202 g/mol. The fourth-order valence-corrected chi connectivity index (χ4v) is 1.75. The van der Waals surface area contributed by atoms with E-state index in [0.717, 1.165) is 25.7 Å². The van der Waals surface area contributed by atoms with Crippen molar-refractivity contribution in [2.75, 3.05) is 0 Å². The fraction of sp³-hybridized carbons (Fsp3) is 0.900. The second kappa shape index (κ2) is 4.39. The third-order valence-electron chi connectivity index (χ3n) is 2.98. The number of halogens is 1. The normalized spacial score (nSPS) is 23.8. The Bertz CT molecular complexity index is 210. The summed E-state index contributed by atoms with van der Waals surface area (Å²) in [5.41, 5.74) is 0.0513. The van der Waals surface area contributed by atoms with Crippen molar-refractivity contribution in [1.82, 2.24) is 5.32 Å². The zero-order chi connectivity index (χ0) is 9.31. The van der Waals surface area contributed by atoms with Crippen molar-refractivity contribution < 1.29 is 9.53 Å². The minimum Gasteiger partial charge on any atom is -0.446 e. The van der Waals surface area contributed by atoms with E-state index in [1.165, 1.54) is 12.8 Å². The van der Waals surface area contributed by atoms with Gasteiger partial charge in [-0.3, -0.25) is 0 Å². The first kappa shape index (κ1) is 11.6. The maximum atomic E-state index is 11.3. The Morgan fingerprint density at radius 1 is 1.36 bits per heavy atom. The molecule has 0 aromatic carbocycles. The van der Waals surface area contributed by atoms with Gasteiger partial charge in [-0.15, -0.1) is 12.4 Å². The minimum atomic E-state index is -0.216. The molecule has 0 aromatic rings. The van der Waals surface area contributed by atoms with Crippen LogP contribution < -0.4 is 5.32 Å². The highest BCUT2D eigenvalue weighted by Crippen LogP contribution is 2.34. The Hall–Kier alpha value is -0.440. The zero-order valence-electron chi connectivity index (χ0n) is 8.54. The first-order chi connectivity index (χ1) is 6.18. The lowest BCUT2D eigenvalue weighted by molar-refractivity contribution is 0.0975. The van der Waals surface area contributed by atoms with Crippen LogP contribution in [0.5, 0.6) is 0 Å². The summed E-state index contributed by atoms with van der Waals surface area (Å²) in [6, 6.07) is 0. The Morgan fingerprint density at radius 3 is 2.43 bits per heavy atom. The molecular formula is C10H18ClNO2. The van der Waals surface area contributed by atoms with Gasteiger partial charge in [-0.2, -0.15) is 0 Å². The lowest BCUT2D eigenvalue weighted by Gasteiger charge is -2.15. The summed E-state index contributed by atoms with van der Waals surface area (Å²) in [6.45, 7) is 2.06. The quantitative estimate of drug-likeness (QED) is 0.776. The number of ether oxygens (including phenoxy) is 1. The summed E-state index contributed by atoms with van der Waals surface area (Å²) in [5.74, 6) is 0. The number of nitrogens with one attached hydrogen (secondary N) is 1. The van der Waals surface area contributed by atoms with Gasteiger partial charge in [0.15, 0.2) is 0 Å². The minimum absolute atomic E-state index is 0. The first-order valence-electron chi connectivity index (χ1n) is 5.17. The van der Waals surface area contributed by atoms with Crippen molar-refractivity contribution in [3.63, 3.8) is 0 Å². The highest BCUT2D eigenvalue weighted by molar-refractivity contribution is 5.85. The van der Waals surface area contributed by atoms with E-state index < -0.39 is 0 Å². The molecule has 0 atom stereocenters. The van der Waals surface area contributed by atoms with E-state index in [4.69, 9.17) is 4.74 Å². The van der Waals surface area contributed by atoms with Crippen LogP contribution in [-0.4, -0.2) is 17.7 Å². The molecule has 0 aliphatic heterocycles. The fourth-order valence-electron chi connectivity index (χ4n) is 1.75. The molecule has 0 heterocycles. The van der Waals surface area contributed by atoms with Crippen LogP contribution in [0.25, 0.3) is 0 Å². The Labute approximate surface area is 91.0 Å². The molecule has 2 saturated carbocycles. The van der Waals surface area contributed by atoms with E-state index in [1.54, 1.807) is 0 Å². The molecule has 0 bridgehead atoms. The van der Waals surface area contributed by atoms with E-state index in [9.17, 15) is 4.79 Å². The van der Waals surface area contributed by atoms with Crippen LogP contribution in [0.15, 0.2) is 0 Å². The van der Waals surface area contributed by atoms with Gasteiger partial charge in [0.05, 0.1) is 0 Å². The van der Waals surface area contributed by atoms with Gasteiger partial charge < -0.3 is 10.1 Å². The molecule has 0 spiro atoms. The van der Waals surface area contributed by atoms with Crippen molar-refractivity contribution in [2.45, 2.75) is 57.1 Å². The number of hydrogen-bond acceptors (Lipinski definition) is 2. The first-order valence-corrected chi connectivity index (χ1v) is 5.17. The molecule has 14 heavy (non-hydrogen) atoms. The molecule has 0 radical (unpaired) electrons. The summed E-state index contributed by atoms with van der Waals surface area (Å²) in [6.07, 6.45) is 6.65. The van der Waals surface area contributed by atoms with Gasteiger partial charge >= 0.3 is 6.09 Å². The van der Waals surface area contributed by atoms with E-state index in [2.05, 4.69) is 12.2 Å². The number of hydrogen-bond donors (Lipinski definition) is 1. The number of amides is 1. The molecule has 0 saturated heterocycles. The maximum absolute atomic E-state index is 11.3. The SMILES string of the molecule is CC1(NC(=O)OC2CCCC2)CC1.Cl. The number of carbonyl (C=O) groups excluding carboxylic acids is 1. The summed E-state index contributed by atoms with van der Waals surface area (Å²) in [7, 11) is 0. The molecule has 0 aromatic heterocycles. The van der Waals surface area contributed by atoms with Gasteiger partial charge in [0.25, 0.3) is 0 Å². The summed E-state index contributed by atoms with van der Waals surface area (Å²) < 4.78 is 5.28. The molecule has 1 N–H and O–H groups in total. The van der Waals surface area contributed by atoms with Crippen molar-refractivity contribution in [2.24, 2.45) is 0 Å². The molecule has 0 unspecified atom stereocenters. The van der Waals surface area contributed by atoms with E-state index in [0.29, 0.717) is 0 Å². The van der Waals surface area contributed by atoms with Gasteiger partial charge in [0.1, 0.15) is 6.10 Å². The van der Waals surface area contributed by atoms with Gasteiger partial charge in [-0.1, -0.05) is 0 Å². The molecule has 3 nitrogen and oxygen atoms in total. The van der Waals surface area contributed by atoms with Crippen molar-refractivity contribution in [1.29, 1.82) is 0 Å². The third-order valence-corrected chi connectivity index (χ3v) is 2.98. The van der Waals surface area contributed by atoms with Gasteiger partial charge in [0.2, 0.25) is 0 Å². The summed E-state index contributed by atoms with van der Waals surface area (Å²) >= 11 is 0. The van der Waals surface area contributed by atoms with Crippen molar-refractivity contribution in [3.05, 3.63) is 0 Å². The second-order valence-electron chi connectivity index (χ2n) is 4.50. The number of alkyl carbamates (subject to hydrolysis) is 1. The average molecular weight is 220 g/mol. The van der Waals surface area contributed by atoms with E-state index >= 15 is 0 Å². The zero-order valence-corrected chi connectivity index (χ0v) is 9.36. The standard InChI is InChI=1S/C10H17NO2.ClH/c1-10(6-7-10)11-9(12)13-8-4-2-3-5-8;/h8H,2-7H2,1H3,(H,11,12);1H. The molecule has 4 heteroatoms. The van der Waals surface area contributed by atoms with Gasteiger partial charge in [-0.05, 0) is 45.4 Å². The molecule has 2 rings (SSSR count). The molecule has 82 valence electrons. The van der Waals surface area contributed by atoms with Crippen LogP contribution in [0.4, 0.5) is 4.79 Å². The number of carbonyl (C=O) groups is 1. The lowest BCUT2D eigenvalue weighted by Crippen LogP contribution is -2.36. The lowest BCUT2D eigenvalue weighted by atomic mass is 10.3. The number of rotatable bonds is 2. The van der Waals surface area contributed by atoms with Gasteiger partial charge in [-0.25, -0.2) is 4.79 Å². The predicted molar refractivity (Wildman–Crippen MR) is 56.8 cm³/mol. The molecule has 1 amide bonds. The monoisotopic (exact) mass is 219 g/mol. The van der Waals surface area contributed by atoms with Crippen LogP contribution in [0.3, 0.4) is 0 Å². The topological polar surface area (TPSA) is 38.3 Å². The highest BCUT2D eigenvalue weighted by atomic mass is 35.5. The van der Waals surface area contributed by atoms with Crippen LogP contribution in [-0.2, 0) is 4.74 Å². The Morgan fingerprint density at radius 2 is 1.93 bits per heavy atom. The summed E-state index contributed by atoms with van der Waals surface area (Å²) in [5, 5.41) is 2.90. The third kappa shape index (κ3) is 3.05. The smallest absolute Gasteiger partial charge is 0.407 e. The maximum Gasteiger partial charge on any atom is 0.407 e. The van der Waals surface area contributed by atoms with E-state index in [1.807, 2.05) is 0 Å². The van der Waals surface area contributed by atoms with Crippen molar-refractivity contribution >= 4 is 18.5 Å². The van der Waals surface area contributed by atoms with Gasteiger partial charge in [0, 0.05) is 5.54 Å². The average Bonchev–Trinajstić information content (AvgIpc) is 2.61. The van der Waals surface area contributed by atoms with Crippen molar-refractivity contribution in [3.8, 4) is 0 Å². The van der Waals surface area contributed by atoms with Crippen LogP contribution in [0.2, 0.25) is 0 Å². The molecule has 2 aliphatic rings. The Kier molecular flexibility index (Phi) is 3.65. The van der Waals surface area contributed by atoms with Crippen LogP contribution in [0.1, 0.15) is 45.4 Å². The largest absolute Gasteiger partial charge is 0.446 e. The van der Waals surface area contributed by atoms with Crippen LogP contribution >= 0.6 is 12.4 Å². The van der Waals surface area contributed by atoms with Crippen LogP contribution in [0, 0.1) is 0 Å². The summed E-state index contributed by atoms with van der Waals surface area (Å²) in [4.78, 5) is 11.3. The predicted octanol–water partition coefficient (Wildman–Crippen LogP) is 2.63. The Balaban J connectivity index is 0.000000980. The molecule has 2 fully saturated rings. The highest BCUT2D eigenvalue weighted by Gasteiger charge is 2.39. The van der Waals surface area contributed by atoms with E-state index in [-0.39, 0.29) is 30.1 Å². The second-order valence-corrected chi connectivity index (χ2v) is 4.50.